The molecule has 1 saturated heterocycles. The van der Waals surface area contributed by atoms with Gasteiger partial charge in [0, 0.05) is 29.5 Å². The molecule has 2 aromatic carbocycles. The first-order valence-electron chi connectivity index (χ1n) is 7.35. The van der Waals surface area contributed by atoms with Crippen LogP contribution in [-0.2, 0) is 5.41 Å². The van der Waals surface area contributed by atoms with Crippen LogP contribution < -0.4 is 4.90 Å². The molecule has 4 rings (SSSR count). The first-order chi connectivity index (χ1) is 10.2. The third kappa shape index (κ3) is 1.90. The first-order valence-corrected chi connectivity index (χ1v) is 7.73. The van der Waals surface area contributed by atoms with Crippen LogP contribution in [0.2, 0.25) is 5.02 Å². The molecule has 2 aliphatic heterocycles. The second kappa shape index (κ2) is 4.60. The molecule has 2 heterocycles. The zero-order chi connectivity index (χ0) is 14.4. The summed E-state index contributed by atoms with van der Waals surface area (Å²) >= 11 is 5.99. The molecule has 0 bridgehead atoms. The van der Waals surface area contributed by atoms with Gasteiger partial charge in [-0.05, 0) is 49.2 Å². The fourth-order valence-corrected chi connectivity index (χ4v) is 3.78. The van der Waals surface area contributed by atoms with Gasteiger partial charge in [-0.2, -0.15) is 0 Å². The van der Waals surface area contributed by atoms with Crippen molar-refractivity contribution in [3.8, 4) is 0 Å². The molecule has 1 atom stereocenters. The number of para-hydroxylation sites is 1. The molecule has 0 aromatic heterocycles. The van der Waals surface area contributed by atoms with Gasteiger partial charge in [0.2, 0.25) is 0 Å². The Kier molecular flexibility index (Phi) is 2.83. The molecule has 0 aliphatic carbocycles. The van der Waals surface area contributed by atoms with Crippen LogP contribution in [0.4, 0.5) is 11.4 Å². The van der Waals surface area contributed by atoms with E-state index in [2.05, 4.69) is 48.2 Å². The van der Waals surface area contributed by atoms with Crippen molar-refractivity contribution in [1.29, 1.82) is 0 Å². The summed E-state index contributed by atoms with van der Waals surface area (Å²) in [6.07, 6.45) is 1.13. The zero-order valence-corrected chi connectivity index (χ0v) is 12.8. The molecular formula is C18H17ClN2. The lowest BCUT2D eigenvalue weighted by molar-refractivity contribution is 0.657. The molecule has 0 amide bonds. The fraction of sp³-hybridized carbons (Fsp3) is 0.278. The summed E-state index contributed by atoms with van der Waals surface area (Å²) in [6.45, 7) is 4.23. The smallest absolute Gasteiger partial charge is 0.0671 e. The van der Waals surface area contributed by atoms with E-state index >= 15 is 0 Å². The number of aliphatic imine (C=N–C) groups is 1. The number of rotatable bonds is 1. The van der Waals surface area contributed by atoms with Gasteiger partial charge in [0.25, 0.3) is 0 Å². The van der Waals surface area contributed by atoms with Crippen LogP contribution in [0, 0.1) is 0 Å². The molecule has 2 aliphatic rings. The lowest BCUT2D eigenvalue weighted by atomic mass is 9.77. The summed E-state index contributed by atoms with van der Waals surface area (Å²) in [5.41, 5.74) is 5.12. The quantitative estimate of drug-likeness (QED) is 0.751. The zero-order valence-electron chi connectivity index (χ0n) is 12.0. The molecule has 21 heavy (non-hydrogen) atoms. The lowest BCUT2D eigenvalue weighted by Gasteiger charge is -2.27. The van der Waals surface area contributed by atoms with Gasteiger partial charge >= 0.3 is 0 Å². The van der Waals surface area contributed by atoms with Gasteiger partial charge in [0.1, 0.15) is 0 Å². The van der Waals surface area contributed by atoms with Gasteiger partial charge in [0.15, 0.2) is 0 Å². The molecule has 3 heteroatoms. The summed E-state index contributed by atoms with van der Waals surface area (Å²) < 4.78 is 0. The van der Waals surface area contributed by atoms with Crippen molar-refractivity contribution in [2.24, 2.45) is 4.99 Å². The van der Waals surface area contributed by atoms with E-state index in [1.807, 2.05) is 12.1 Å². The fourth-order valence-electron chi connectivity index (χ4n) is 3.66. The minimum atomic E-state index is 0.0935. The SMILES string of the molecule is CC1=Nc2ccccc2C12CCN(c1ccc(Cl)cc1)C2. The van der Waals surface area contributed by atoms with Crippen molar-refractivity contribution in [2.75, 3.05) is 18.0 Å². The third-order valence-corrected chi connectivity index (χ3v) is 5.11. The number of halogens is 1. The van der Waals surface area contributed by atoms with Gasteiger partial charge in [-0.3, -0.25) is 4.99 Å². The Morgan fingerprint density at radius 2 is 1.86 bits per heavy atom. The third-order valence-electron chi connectivity index (χ3n) is 4.86. The molecule has 2 nitrogen and oxygen atoms in total. The predicted octanol–water partition coefficient (Wildman–Crippen LogP) is 4.59. The Morgan fingerprint density at radius 3 is 2.67 bits per heavy atom. The Morgan fingerprint density at radius 1 is 1.10 bits per heavy atom. The highest BCUT2D eigenvalue weighted by Gasteiger charge is 2.46. The van der Waals surface area contributed by atoms with E-state index in [1.165, 1.54) is 17.0 Å². The Bertz CT molecular complexity index is 720. The van der Waals surface area contributed by atoms with E-state index in [0.717, 1.165) is 30.2 Å². The minimum Gasteiger partial charge on any atom is -0.370 e. The van der Waals surface area contributed by atoms with Gasteiger partial charge in [-0.1, -0.05) is 29.8 Å². The van der Waals surface area contributed by atoms with Crippen LogP contribution >= 0.6 is 11.6 Å². The molecule has 0 N–H and O–H groups in total. The van der Waals surface area contributed by atoms with Gasteiger partial charge < -0.3 is 4.90 Å². The Labute approximate surface area is 130 Å². The summed E-state index contributed by atoms with van der Waals surface area (Å²) in [6, 6.07) is 16.7. The number of fused-ring (bicyclic) bond motifs is 2. The largest absolute Gasteiger partial charge is 0.370 e. The topological polar surface area (TPSA) is 15.6 Å². The van der Waals surface area contributed by atoms with Crippen LogP contribution in [0.15, 0.2) is 53.5 Å². The number of nitrogens with zero attached hydrogens (tertiary/aromatic N) is 2. The maximum Gasteiger partial charge on any atom is 0.0671 e. The molecule has 1 spiro atoms. The van der Waals surface area contributed by atoms with Crippen LogP contribution in [0.25, 0.3) is 0 Å². The molecule has 106 valence electrons. The average molecular weight is 297 g/mol. The maximum atomic E-state index is 5.99. The standard InChI is InChI=1S/C18H17ClN2/c1-13-18(16-4-2-3-5-17(16)20-13)10-11-21(12-18)15-8-6-14(19)7-9-15/h2-9H,10-12H2,1H3. The highest BCUT2D eigenvalue weighted by atomic mass is 35.5. The van der Waals surface area contributed by atoms with E-state index in [-0.39, 0.29) is 5.41 Å². The number of anilines is 1. The van der Waals surface area contributed by atoms with Crippen molar-refractivity contribution >= 4 is 28.7 Å². The van der Waals surface area contributed by atoms with E-state index in [9.17, 15) is 0 Å². The molecule has 0 radical (unpaired) electrons. The van der Waals surface area contributed by atoms with E-state index < -0.39 is 0 Å². The number of hydrogen-bond acceptors (Lipinski definition) is 2. The minimum absolute atomic E-state index is 0.0935. The maximum absolute atomic E-state index is 5.99. The molecular weight excluding hydrogens is 280 g/mol. The van der Waals surface area contributed by atoms with Crippen LogP contribution in [0.1, 0.15) is 18.9 Å². The number of benzene rings is 2. The Hall–Kier alpha value is -1.80. The van der Waals surface area contributed by atoms with E-state index in [0.29, 0.717) is 0 Å². The highest BCUT2D eigenvalue weighted by molar-refractivity contribution is 6.30. The second-order valence-electron chi connectivity index (χ2n) is 5.94. The monoisotopic (exact) mass is 296 g/mol. The number of hydrogen-bond donors (Lipinski definition) is 0. The van der Waals surface area contributed by atoms with Crippen molar-refractivity contribution in [3.05, 3.63) is 59.1 Å². The molecule has 1 fully saturated rings. The summed E-state index contributed by atoms with van der Waals surface area (Å²) in [5, 5.41) is 0.789. The highest BCUT2D eigenvalue weighted by Crippen LogP contribution is 2.46. The van der Waals surface area contributed by atoms with Crippen LogP contribution in [-0.4, -0.2) is 18.8 Å². The lowest BCUT2D eigenvalue weighted by Crippen LogP contribution is -2.35. The molecule has 2 aromatic rings. The average Bonchev–Trinajstić information content (AvgIpc) is 3.05. The Balaban J connectivity index is 1.70. The van der Waals surface area contributed by atoms with Crippen LogP contribution in [0.5, 0.6) is 0 Å². The summed E-state index contributed by atoms with van der Waals surface area (Å²) in [7, 11) is 0. The van der Waals surface area contributed by atoms with Crippen molar-refractivity contribution in [3.63, 3.8) is 0 Å². The summed E-state index contributed by atoms with van der Waals surface area (Å²) in [4.78, 5) is 7.24. The van der Waals surface area contributed by atoms with Crippen molar-refractivity contribution in [1.82, 2.24) is 0 Å². The first kappa shape index (κ1) is 12.9. The molecule has 0 saturated carbocycles. The molecule has 1 unspecified atom stereocenters. The normalized spacial score (nSPS) is 23.5. The van der Waals surface area contributed by atoms with E-state index in [4.69, 9.17) is 16.6 Å². The van der Waals surface area contributed by atoms with Crippen molar-refractivity contribution in [2.45, 2.75) is 18.8 Å². The van der Waals surface area contributed by atoms with Crippen molar-refractivity contribution < 1.29 is 0 Å². The van der Waals surface area contributed by atoms with Gasteiger partial charge in [-0.15, -0.1) is 0 Å². The predicted molar refractivity (Wildman–Crippen MR) is 89.2 cm³/mol. The van der Waals surface area contributed by atoms with E-state index in [1.54, 1.807) is 0 Å². The van der Waals surface area contributed by atoms with Crippen LogP contribution in [0.3, 0.4) is 0 Å². The second-order valence-corrected chi connectivity index (χ2v) is 6.38. The summed E-state index contributed by atoms with van der Waals surface area (Å²) in [5.74, 6) is 0. The van der Waals surface area contributed by atoms with Gasteiger partial charge in [0.05, 0.1) is 11.1 Å². The van der Waals surface area contributed by atoms with Gasteiger partial charge in [-0.25, -0.2) is 0 Å².